The molecule has 0 fully saturated rings. The first-order valence-corrected chi connectivity index (χ1v) is 7.25. The summed E-state index contributed by atoms with van der Waals surface area (Å²) in [6.07, 6.45) is 2.70. The average Bonchev–Trinajstić information content (AvgIpc) is 2.35. The number of nitrogens with zero attached hydrogens (tertiary/aromatic N) is 2. The standard InChI is InChI=1S/C14H33N2/c1-6-11-13-16(9-4,10-5)14-12-15(7-2)8-3/h6-14H2,1-5H3/q+1. The van der Waals surface area contributed by atoms with E-state index in [4.69, 9.17) is 0 Å². The van der Waals surface area contributed by atoms with Crippen molar-refractivity contribution in [2.24, 2.45) is 0 Å². The van der Waals surface area contributed by atoms with Crippen LogP contribution in [0, 0.1) is 0 Å². The largest absolute Gasteiger partial charge is 0.323 e. The van der Waals surface area contributed by atoms with E-state index in [0.29, 0.717) is 0 Å². The summed E-state index contributed by atoms with van der Waals surface area (Å²) in [6.45, 7) is 20.4. The van der Waals surface area contributed by atoms with Crippen LogP contribution in [0.4, 0.5) is 0 Å². The molecule has 0 saturated heterocycles. The Bertz CT molecular complexity index is 149. The maximum Gasteiger partial charge on any atom is 0.0915 e. The molecule has 16 heavy (non-hydrogen) atoms. The van der Waals surface area contributed by atoms with Gasteiger partial charge in [-0.25, -0.2) is 0 Å². The first-order chi connectivity index (χ1) is 7.67. The fraction of sp³-hybridized carbons (Fsp3) is 1.00. The van der Waals surface area contributed by atoms with Crippen molar-refractivity contribution in [1.29, 1.82) is 0 Å². The summed E-state index contributed by atoms with van der Waals surface area (Å²) in [5.41, 5.74) is 0. The van der Waals surface area contributed by atoms with Crippen LogP contribution in [0.5, 0.6) is 0 Å². The minimum atomic E-state index is 1.19. The van der Waals surface area contributed by atoms with E-state index < -0.39 is 0 Å². The van der Waals surface area contributed by atoms with Gasteiger partial charge in [0.25, 0.3) is 0 Å². The van der Waals surface area contributed by atoms with Crippen LogP contribution >= 0.6 is 0 Å². The Morgan fingerprint density at radius 2 is 1.38 bits per heavy atom. The molecular formula is C14H33N2+. The summed E-state index contributed by atoms with van der Waals surface area (Å²) in [7, 11) is 0. The number of unbranched alkanes of at least 4 members (excludes halogenated alkanes) is 1. The Kier molecular flexibility index (Phi) is 8.96. The highest BCUT2D eigenvalue weighted by atomic mass is 15.4. The second kappa shape index (κ2) is 9.00. The van der Waals surface area contributed by atoms with Crippen LogP contribution < -0.4 is 0 Å². The van der Waals surface area contributed by atoms with Crippen LogP contribution in [0.1, 0.15) is 47.5 Å². The van der Waals surface area contributed by atoms with Gasteiger partial charge in [-0.3, -0.25) is 4.90 Å². The highest BCUT2D eigenvalue weighted by molar-refractivity contribution is 4.53. The van der Waals surface area contributed by atoms with Gasteiger partial charge in [0.1, 0.15) is 0 Å². The van der Waals surface area contributed by atoms with Crippen LogP contribution in [-0.2, 0) is 0 Å². The maximum absolute atomic E-state index is 2.55. The Hall–Kier alpha value is -0.0800. The summed E-state index contributed by atoms with van der Waals surface area (Å²) in [4.78, 5) is 2.55. The van der Waals surface area contributed by atoms with E-state index in [-0.39, 0.29) is 0 Å². The first kappa shape index (κ1) is 15.9. The minimum absolute atomic E-state index is 1.19. The maximum atomic E-state index is 2.55. The first-order valence-electron chi connectivity index (χ1n) is 7.25. The lowest BCUT2D eigenvalue weighted by Gasteiger charge is -2.38. The molecule has 0 atom stereocenters. The van der Waals surface area contributed by atoms with Crippen LogP contribution in [0.15, 0.2) is 0 Å². The number of hydrogen-bond donors (Lipinski definition) is 0. The molecule has 0 spiro atoms. The van der Waals surface area contributed by atoms with Crippen LogP contribution in [0.2, 0.25) is 0 Å². The lowest BCUT2D eigenvalue weighted by Crippen LogP contribution is -2.52. The summed E-state index contributed by atoms with van der Waals surface area (Å²) >= 11 is 0. The van der Waals surface area contributed by atoms with E-state index in [9.17, 15) is 0 Å². The molecule has 0 unspecified atom stereocenters. The third kappa shape index (κ3) is 5.31. The normalized spacial score (nSPS) is 12.4. The molecule has 0 N–H and O–H groups in total. The van der Waals surface area contributed by atoms with Crippen molar-refractivity contribution in [1.82, 2.24) is 4.90 Å². The van der Waals surface area contributed by atoms with Gasteiger partial charge in [-0.05, 0) is 33.4 Å². The van der Waals surface area contributed by atoms with Crippen molar-refractivity contribution in [3.05, 3.63) is 0 Å². The topological polar surface area (TPSA) is 3.24 Å². The van der Waals surface area contributed by atoms with E-state index in [1.807, 2.05) is 0 Å². The van der Waals surface area contributed by atoms with Gasteiger partial charge in [0.2, 0.25) is 0 Å². The molecular weight excluding hydrogens is 196 g/mol. The fourth-order valence-corrected chi connectivity index (χ4v) is 2.35. The summed E-state index contributed by atoms with van der Waals surface area (Å²) < 4.78 is 1.31. The number of rotatable bonds is 10. The van der Waals surface area contributed by atoms with Crippen molar-refractivity contribution in [2.75, 3.05) is 45.8 Å². The van der Waals surface area contributed by atoms with Gasteiger partial charge in [-0.1, -0.05) is 27.2 Å². The average molecular weight is 229 g/mol. The predicted molar refractivity (Wildman–Crippen MR) is 73.8 cm³/mol. The Morgan fingerprint density at radius 1 is 0.812 bits per heavy atom. The van der Waals surface area contributed by atoms with E-state index >= 15 is 0 Å². The van der Waals surface area contributed by atoms with Gasteiger partial charge < -0.3 is 4.48 Å². The molecule has 0 bridgehead atoms. The van der Waals surface area contributed by atoms with Gasteiger partial charge in [0, 0.05) is 6.54 Å². The second-order valence-corrected chi connectivity index (χ2v) is 4.80. The molecule has 0 aliphatic carbocycles. The molecule has 0 radical (unpaired) electrons. The monoisotopic (exact) mass is 229 g/mol. The zero-order valence-electron chi connectivity index (χ0n) is 12.3. The molecule has 2 heteroatoms. The Balaban J connectivity index is 4.19. The van der Waals surface area contributed by atoms with Gasteiger partial charge in [-0.2, -0.15) is 0 Å². The molecule has 0 amide bonds. The summed E-state index contributed by atoms with van der Waals surface area (Å²) in [6, 6.07) is 0. The highest BCUT2D eigenvalue weighted by Gasteiger charge is 2.22. The van der Waals surface area contributed by atoms with Gasteiger partial charge in [0.15, 0.2) is 0 Å². The lowest BCUT2D eigenvalue weighted by atomic mass is 10.2. The quantitative estimate of drug-likeness (QED) is 0.521. The summed E-state index contributed by atoms with van der Waals surface area (Å²) in [5.74, 6) is 0. The van der Waals surface area contributed by atoms with Crippen LogP contribution in [-0.4, -0.2) is 55.2 Å². The number of likely N-dealkylation sites (N-methyl/N-ethyl adjacent to an activating group) is 2. The molecule has 0 saturated carbocycles. The third-order valence-corrected chi connectivity index (χ3v) is 4.11. The van der Waals surface area contributed by atoms with E-state index in [2.05, 4.69) is 39.5 Å². The Labute approximate surface area is 103 Å². The third-order valence-electron chi connectivity index (χ3n) is 4.11. The van der Waals surface area contributed by atoms with Gasteiger partial charge in [0.05, 0.1) is 26.2 Å². The van der Waals surface area contributed by atoms with Crippen molar-refractivity contribution in [3.63, 3.8) is 0 Å². The van der Waals surface area contributed by atoms with Gasteiger partial charge in [-0.15, -0.1) is 0 Å². The molecule has 0 aromatic carbocycles. The van der Waals surface area contributed by atoms with E-state index in [1.165, 1.54) is 63.1 Å². The molecule has 0 aliphatic rings. The van der Waals surface area contributed by atoms with Crippen molar-refractivity contribution >= 4 is 0 Å². The Morgan fingerprint density at radius 3 is 1.75 bits per heavy atom. The van der Waals surface area contributed by atoms with Crippen LogP contribution in [0.3, 0.4) is 0 Å². The lowest BCUT2D eigenvalue weighted by molar-refractivity contribution is -0.924. The molecule has 0 aromatic rings. The predicted octanol–water partition coefficient (Wildman–Crippen LogP) is 2.98. The molecule has 0 aliphatic heterocycles. The smallest absolute Gasteiger partial charge is 0.0915 e. The van der Waals surface area contributed by atoms with Crippen LogP contribution in [0.25, 0.3) is 0 Å². The van der Waals surface area contributed by atoms with Crippen molar-refractivity contribution < 1.29 is 4.48 Å². The number of quaternary nitrogens is 1. The van der Waals surface area contributed by atoms with E-state index in [1.54, 1.807) is 0 Å². The van der Waals surface area contributed by atoms with Gasteiger partial charge >= 0.3 is 0 Å². The van der Waals surface area contributed by atoms with E-state index in [0.717, 1.165) is 0 Å². The molecule has 98 valence electrons. The summed E-state index contributed by atoms with van der Waals surface area (Å²) in [5, 5.41) is 0. The zero-order chi connectivity index (χ0) is 12.4. The zero-order valence-corrected chi connectivity index (χ0v) is 12.3. The molecule has 2 nitrogen and oxygen atoms in total. The molecule has 0 aromatic heterocycles. The van der Waals surface area contributed by atoms with Crippen molar-refractivity contribution in [2.45, 2.75) is 47.5 Å². The highest BCUT2D eigenvalue weighted by Crippen LogP contribution is 2.09. The fourth-order valence-electron chi connectivity index (χ4n) is 2.35. The number of hydrogen-bond acceptors (Lipinski definition) is 1. The molecule has 0 heterocycles. The minimum Gasteiger partial charge on any atom is -0.323 e. The molecule has 0 rings (SSSR count). The SMILES string of the molecule is CCCC[N+](CC)(CC)CCN(CC)CC. The van der Waals surface area contributed by atoms with Crippen molar-refractivity contribution in [3.8, 4) is 0 Å². The second-order valence-electron chi connectivity index (χ2n) is 4.80.